The van der Waals surface area contributed by atoms with Crippen LogP contribution < -0.4 is 16.8 Å². The van der Waals surface area contributed by atoms with E-state index in [0.717, 1.165) is 0 Å². The van der Waals surface area contributed by atoms with Crippen molar-refractivity contribution in [3.63, 3.8) is 0 Å². The number of likely N-dealkylation sites (tertiary alicyclic amines) is 1. The van der Waals surface area contributed by atoms with Crippen molar-refractivity contribution < 1.29 is 24.3 Å². The Morgan fingerprint density at radius 2 is 1.92 bits per heavy atom. The molecule has 0 aromatic carbocycles. The van der Waals surface area contributed by atoms with Crippen LogP contribution in [0.4, 0.5) is 0 Å². The number of aliphatic carboxylic acids is 1. The Bertz CT molecular complexity index is 508. The summed E-state index contributed by atoms with van der Waals surface area (Å²) in [4.78, 5) is 48.2. The third kappa shape index (κ3) is 5.48. The summed E-state index contributed by atoms with van der Waals surface area (Å²) >= 11 is 0. The third-order valence-corrected chi connectivity index (χ3v) is 3.90. The minimum absolute atomic E-state index is 0.241. The summed E-state index contributed by atoms with van der Waals surface area (Å²) in [6, 6.07) is -2.87. The molecule has 1 saturated heterocycles. The lowest BCUT2D eigenvalue weighted by atomic mass is 10.0. The molecule has 1 aliphatic heterocycles. The van der Waals surface area contributed by atoms with E-state index in [1.807, 2.05) is 13.8 Å². The topological polar surface area (TPSA) is 156 Å². The van der Waals surface area contributed by atoms with Crippen molar-refractivity contribution in [1.29, 1.82) is 0 Å². The largest absolute Gasteiger partial charge is 0.480 e. The van der Waals surface area contributed by atoms with E-state index in [1.54, 1.807) is 0 Å². The van der Waals surface area contributed by atoms with E-state index >= 15 is 0 Å². The van der Waals surface area contributed by atoms with Crippen LogP contribution in [0.1, 0.15) is 39.5 Å². The molecule has 3 unspecified atom stereocenters. The average Bonchev–Trinajstić information content (AvgIpc) is 2.93. The van der Waals surface area contributed by atoms with E-state index < -0.39 is 42.3 Å². The first-order chi connectivity index (χ1) is 11.1. The zero-order valence-electron chi connectivity index (χ0n) is 14.0. The van der Waals surface area contributed by atoms with E-state index in [9.17, 15) is 19.2 Å². The molecule has 0 aromatic rings. The van der Waals surface area contributed by atoms with Gasteiger partial charge in [-0.25, -0.2) is 4.79 Å². The molecular weight excluding hydrogens is 316 g/mol. The minimum atomic E-state index is -1.41. The molecule has 1 heterocycles. The Kier molecular flexibility index (Phi) is 7.15. The van der Waals surface area contributed by atoms with Crippen LogP contribution in [0.15, 0.2) is 0 Å². The second kappa shape index (κ2) is 8.62. The molecule has 0 bridgehead atoms. The van der Waals surface area contributed by atoms with Gasteiger partial charge in [0.2, 0.25) is 17.7 Å². The third-order valence-electron chi connectivity index (χ3n) is 3.90. The Morgan fingerprint density at radius 1 is 1.29 bits per heavy atom. The first-order valence-electron chi connectivity index (χ1n) is 8.01. The van der Waals surface area contributed by atoms with Crippen molar-refractivity contribution >= 4 is 23.7 Å². The minimum Gasteiger partial charge on any atom is -0.480 e. The number of hydrogen-bond donors (Lipinski definition) is 4. The van der Waals surface area contributed by atoms with Crippen molar-refractivity contribution in [2.75, 3.05) is 6.54 Å². The fourth-order valence-corrected chi connectivity index (χ4v) is 2.79. The lowest BCUT2D eigenvalue weighted by Gasteiger charge is -2.28. The van der Waals surface area contributed by atoms with Crippen molar-refractivity contribution in [2.24, 2.45) is 17.4 Å². The highest BCUT2D eigenvalue weighted by Crippen LogP contribution is 2.20. The van der Waals surface area contributed by atoms with Crippen LogP contribution in [-0.4, -0.2) is 58.4 Å². The molecule has 0 aliphatic carbocycles. The normalized spacial score (nSPS) is 19.8. The number of hydrogen-bond acceptors (Lipinski definition) is 5. The first kappa shape index (κ1) is 19.9. The van der Waals surface area contributed by atoms with Crippen LogP contribution in [0.3, 0.4) is 0 Å². The molecule has 3 amide bonds. The van der Waals surface area contributed by atoms with Gasteiger partial charge in [-0.3, -0.25) is 14.4 Å². The van der Waals surface area contributed by atoms with Gasteiger partial charge in [-0.05, 0) is 25.2 Å². The molecule has 0 saturated carbocycles. The van der Waals surface area contributed by atoms with Gasteiger partial charge >= 0.3 is 5.97 Å². The molecule has 0 spiro atoms. The lowest BCUT2D eigenvalue weighted by molar-refractivity contribution is -0.145. The van der Waals surface area contributed by atoms with Gasteiger partial charge in [-0.1, -0.05) is 13.8 Å². The first-order valence-corrected chi connectivity index (χ1v) is 8.01. The molecule has 24 heavy (non-hydrogen) atoms. The van der Waals surface area contributed by atoms with Gasteiger partial charge in [0.15, 0.2) is 0 Å². The summed E-state index contributed by atoms with van der Waals surface area (Å²) < 4.78 is 0. The van der Waals surface area contributed by atoms with Gasteiger partial charge in [0.1, 0.15) is 12.1 Å². The number of nitrogens with zero attached hydrogens (tertiary/aromatic N) is 1. The summed E-state index contributed by atoms with van der Waals surface area (Å²) in [7, 11) is 0. The number of carbonyl (C=O) groups is 4. The summed E-state index contributed by atoms with van der Waals surface area (Å²) in [6.45, 7) is 4.29. The molecule has 3 atom stereocenters. The molecule has 9 nitrogen and oxygen atoms in total. The number of rotatable bonds is 8. The molecule has 0 aromatic heterocycles. The molecular formula is C15H26N4O5. The zero-order valence-corrected chi connectivity index (χ0v) is 14.0. The average molecular weight is 342 g/mol. The fraction of sp³-hybridized carbons (Fsp3) is 0.733. The van der Waals surface area contributed by atoms with Crippen molar-refractivity contribution in [3.05, 3.63) is 0 Å². The SMILES string of the molecule is CC(C)CC(N)C(=O)N1CCCC1C(=O)NC(CC(N)=O)C(=O)O. The highest BCUT2D eigenvalue weighted by molar-refractivity contribution is 5.93. The van der Waals surface area contributed by atoms with Gasteiger partial charge in [-0.15, -0.1) is 0 Å². The van der Waals surface area contributed by atoms with Crippen LogP contribution in [0.2, 0.25) is 0 Å². The number of carbonyl (C=O) groups excluding carboxylic acids is 3. The summed E-state index contributed by atoms with van der Waals surface area (Å²) in [5.41, 5.74) is 10.9. The number of primary amides is 1. The van der Waals surface area contributed by atoms with Crippen LogP contribution in [0.25, 0.3) is 0 Å². The smallest absolute Gasteiger partial charge is 0.326 e. The van der Waals surface area contributed by atoms with Crippen molar-refractivity contribution in [3.8, 4) is 0 Å². The van der Waals surface area contributed by atoms with Crippen LogP contribution >= 0.6 is 0 Å². The van der Waals surface area contributed by atoms with Crippen LogP contribution in [-0.2, 0) is 19.2 Å². The molecule has 1 fully saturated rings. The van der Waals surface area contributed by atoms with Crippen molar-refractivity contribution in [1.82, 2.24) is 10.2 Å². The zero-order chi connectivity index (χ0) is 18.4. The van der Waals surface area contributed by atoms with Gasteiger partial charge < -0.3 is 26.8 Å². The summed E-state index contributed by atoms with van der Waals surface area (Å²) in [5.74, 6) is -2.87. The Hall–Kier alpha value is -2.16. The Labute approximate surface area is 140 Å². The molecule has 0 radical (unpaired) electrons. The number of carboxylic acid groups (broad SMARTS) is 1. The van der Waals surface area contributed by atoms with E-state index in [1.165, 1.54) is 4.90 Å². The van der Waals surface area contributed by atoms with Crippen LogP contribution in [0, 0.1) is 5.92 Å². The van der Waals surface area contributed by atoms with E-state index in [-0.39, 0.29) is 11.8 Å². The molecule has 9 heteroatoms. The number of nitrogens with two attached hydrogens (primary N) is 2. The second-order valence-electron chi connectivity index (χ2n) is 6.50. The highest BCUT2D eigenvalue weighted by atomic mass is 16.4. The van der Waals surface area contributed by atoms with Crippen molar-refractivity contribution in [2.45, 2.75) is 57.7 Å². The highest BCUT2D eigenvalue weighted by Gasteiger charge is 2.37. The maximum atomic E-state index is 12.4. The van der Waals surface area contributed by atoms with Gasteiger partial charge in [0, 0.05) is 6.54 Å². The number of nitrogens with one attached hydrogen (secondary N) is 1. The molecule has 1 aliphatic rings. The fourth-order valence-electron chi connectivity index (χ4n) is 2.79. The summed E-state index contributed by atoms with van der Waals surface area (Å²) in [6.07, 6.45) is 1.05. The van der Waals surface area contributed by atoms with Crippen LogP contribution in [0.5, 0.6) is 0 Å². The van der Waals surface area contributed by atoms with E-state index in [0.29, 0.717) is 25.8 Å². The van der Waals surface area contributed by atoms with Gasteiger partial charge in [-0.2, -0.15) is 0 Å². The quantitative estimate of drug-likeness (QED) is 0.434. The van der Waals surface area contributed by atoms with Gasteiger partial charge in [0.25, 0.3) is 0 Å². The summed E-state index contributed by atoms with van der Waals surface area (Å²) in [5, 5.41) is 11.3. The van der Waals surface area contributed by atoms with E-state index in [2.05, 4.69) is 5.32 Å². The maximum absolute atomic E-state index is 12.4. The van der Waals surface area contributed by atoms with Gasteiger partial charge in [0.05, 0.1) is 12.5 Å². The predicted molar refractivity (Wildman–Crippen MR) is 85.5 cm³/mol. The maximum Gasteiger partial charge on any atom is 0.326 e. The predicted octanol–water partition coefficient (Wildman–Crippen LogP) is -1.20. The number of carboxylic acids is 1. The monoisotopic (exact) mass is 342 g/mol. The Morgan fingerprint density at radius 3 is 2.42 bits per heavy atom. The number of amides is 3. The molecule has 136 valence electrons. The molecule has 1 rings (SSSR count). The van der Waals surface area contributed by atoms with E-state index in [4.69, 9.17) is 16.6 Å². The standard InChI is InChI=1S/C15H26N4O5/c1-8(2)6-9(16)14(22)19-5-3-4-11(19)13(21)18-10(15(23)24)7-12(17)20/h8-11H,3-7,16H2,1-2H3,(H2,17,20)(H,18,21)(H,23,24). The second-order valence-corrected chi connectivity index (χ2v) is 6.50. The Balaban J connectivity index is 2.76. The lowest BCUT2D eigenvalue weighted by Crippen LogP contribution is -2.54. The molecule has 6 N–H and O–H groups in total.